The monoisotopic (exact) mass is 376 g/mol. The number of hydrogen-bond donors (Lipinski definition) is 1. The molecule has 0 aliphatic carbocycles. The average Bonchev–Trinajstić information content (AvgIpc) is 3.08. The highest BCUT2D eigenvalue weighted by Gasteiger charge is 2.19. The molecule has 0 aliphatic heterocycles. The predicted octanol–water partition coefficient (Wildman–Crippen LogP) is 2.72. The number of likely N-dealkylation sites (N-methyl/N-ethyl adjacent to an activating group) is 1. The van der Waals surface area contributed by atoms with Crippen LogP contribution in [-0.4, -0.2) is 52.9 Å². The topological polar surface area (TPSA) is 59.4 Å². The SMILES string of the molecule is CCN(CC)C(CNC(=O)CSc1nccn1C)c1cccc(OC)c1. The molecule has 1 atom stereocenters. The van der Waals surface area contributed by atoms with Gasteiger partial charge in [0.2, 0.25) is 5.91 Å². The summed E-state index contributed by atoms with van der Waals surface area (Å²) >= 11 is 1.44. The molecule has 0 radical (unpaired) electrons. The zero-order valence-electron chi connectivity index (χ0n) is 15.9. The van der Waals surface area contributed by atoms with Gasteiger partial charge in [0.25, 0.3) is 0 Å². The van der Waals surface area contributed by atoms with Crippen LogP contribution in [-0.2, 0) is 11.8 Å². The van der Waals surface area contributed by atoms with Gasteiger partial charge < -0.3 is 14.6 Å². The first-order valence-electron chi connectivity index (χ1n) is 8.83. The van der Waals surface area contributed by atoms with Crippen LogP contribution in [0.25, 0.3) is 0 Å². The van der Waals surface area contributed by atoms with Gasteiger partial charge in [-0.2, -0.15) is 0 Å². The first-order valence-corrected chi connectivity index (χ1v) is 9.82. The van der Waals surface area contributed by atoms with Crippen LogP contribution < -0.4 is 10.1 Å². The summed E-state index contributed by atoms with van der Waals surface area (Å²) in [6, 6.07) is 8.16. The van der Waals surface area contributed by atoms with Crippen molar-refractivity contribution in [3.8, 4) is 5.75 Å². The highest BCUT2D eigenvalue weighted by molar-refractivity contribution is 7.99. The number of nitrogens with zero attached hydrogens (tertiary/aromatic N) is 3. The van der Waals surface area contributed by atoms with E-state index in [0.717, 1.165) is 29.6 Å². The molecular formula is C19H28N4O2S. The molecule has 1 heterocycles. The van der Waals surface area contributed by atoms with Crippen LogP contribution in [0.1, 0.15) is 25.5 Å². The molecular weight excluding hydrogens is 348 g/mol. The minimum atomic E-state index is 0.0121. The van der Waals surface area contributed by atoms with Gasteiger partial charge in [0.05, 0.1) is 18.9 Å². The minimum Gasteiger partial charge on any atom is -0.497 e. The fourth-order valence-electron chi connectivity index (χ4n) is 2.85. The maximum Gasteiger partial charge on any atom is 0.230 e. The molecule has 1 aromatic heterocycles. The second-order valence-electron chi connectivity index (χ2n) is 5.93. The number of thioether (sulfide) groups is 1. The van der Waals surface area contributed by atoms with E-state index in [1.807, 2.05) is 36.0 Å². The molecule has 1 unspecified atom stereocenters. The standard InChI is InChI=1S/C19H28N4O2S/c1-5-23(6-2)17(15-8-7-9-16(12-15)25-4)13-21-18(24)14-26-19-20-10-11-22(19)3/h7-12,17H,5-6,13-14H2,1-4H3,(H,21,24). The van der Waals surface area contributed by atoms with Crippen molar-refractivity contribution < 1.29 is 9.53 Å². The van der Waals surface area contributed by atoms with E-state index in [9.17, 15) is 4.79 Å². The highest BCUT2D eigenvalue weighted by Crippen LogP contribution is 2.24. The van der Waals surface area contributed by atoms with E-state index in [1.165, 1.54) is 11.8 Å². The van der Waals surface area contributed by atoms with Crippen molar-refractivity contribution in [2.24, 2.45) is 7.05 Å². The van der Waals surface area contributed by atoms with E-state index in [2.05, 4.69) is 35.1 Å². The molecule has 2 aromatic rings. The molecule has 1 aromatic carbocycles. The number of amides is 1. The number of benzene rings is 1. The normalized spacial score (nSPS) is 12.2. The van der Waals surface area contributed by atoms with E-state index in [0.29, 0.717) is 12.3 Å². The Labute approximate surface area is 159 Å². The number of carbonyl (C=O) groups excluding carboxylic acids is 1. The fourth-order valence-corrected chi connectivity index (χ4v) is 3.62. The second-order valence-corrected chi connectivity index (χ2v) is 6.87. The lowest BCUT2D eigenvalue weighted by atomic mass is 10.0. The maximum atomic E-state index is 12.3. The van der Waals surface area contributed by atoms with Crippen LogP contribution >= 0.6 is 11.8 Å². The molecule has 26 heavy (non-hydrogen) atoms. The molecule has 1 amide bonds. The predicted molar refractivity (Wildman–Crippen MR) is 106 cm³/mol. The Balaban J connectivity index is 1.99. The van der Waals surface area contributed by atoms with E-state index in [4.69, 9.17) is 4.74 Å². The molecule has 0 bridgehead atoms. The third-order valence-corrected chi connectivity index (χ3v) is 5.39. The van der Waals surface area contributed by atoms with Gasteiger partial charge in [-0.15, -0.1) is 0 Å². The maximum absolute atomic E-state index is 12.3. The fraction of sp³-hybridized carbons (Fsp3) is 0.474. The number of imidazole rings is 1. The summed E-state index contributed by atoms with van der Waals surface area (Å²) in [5.41, 5.74) is 1.14. The summed E-state index contributed by atoms with van der Waals surface area (Å²) in [4.78, 5) is 18.9. The van der Waals surface area contributed by atoms with Crippen molar-refractivity contribution >= 4 is 17.7 Å². The quantitative estimate of drug-likeness (QED) is 0.646. The van der Waals surface area contributed by atoms with Crippen LogP contribution in [0.2, 0.25) is 0 Å². The van der Waals surface area contributed by atoms with E-state index >= 15 is 0 Å². The van der Waals surface area contributed by atoms with Crippen molar-refractivity contribution in [1.82, 2.24) is 19.8 Å². The molecule has 2 rings (SSSR count). The number of nitrogens with one attached hydrogen (secondary N) is 1. The average molecular weight is 377 g/mol. The Bertz CT molecular complexity index is 700. The molecule has 0 spiro atoms. The van der Waals surface area contributed by atoms with Crippen molar-refractivity contribution in [2.75, 3.05) is 32.5 Å². The lowest BCUT2D eigenvalue weighted by molar-refractivity contribution is -0.118. The molecule has 0 fully saturated rings. The molecule has 0 aliphatic rings. The Hall–Kier alpha value is -1.99. The zero-order chi connectivity index (χ0) is 18.9. The van der Waals surface area contributed by atoms with Crippen molar-refractivity contribution in [1.29, 1.82) is 0 Å². The lowest BCUT2D eigenvalue weighted by Gasteiger charge is -2.30. The van der Waals surface area contributed by atoms with Gasteiger partial charge in [-0.3, -0.25) is 9.69 Å². The molecule has 0 saturated heterocycles. The van der Waals surface area contributed by atoms with Gasteiger partial charge in [-0.25, -0.2) is 4.98 Å². The Morgan fingerprint density at radius 3 is 2.77 bits per heavy atom. The number of carbonyl (C=O) groups is 1. The number of aryl methyl sites for hydroxylation is 1. The zero-order valence-corrected chi connectivity index (χ0v) is 16.8. The third kappa shape index (κ3) is 5.51. The molecule has 142 valence electrons. The van der Waals surface area contributed by atoms with Gasteiger partial charge >= 0.3 is 0 Å². The summed E-state index contributed by atoms with van der Waals surface area (Å²) in [6.45, 7) is 6.66. The van der Waals surface area contributed by atoms with Crippen molar-refractivity contribution in [3.05, 3.63) is 42.2 Å². The minimum absolute atomic E-state index is 0.0121. The molecule has 1 N–H and O–H groups in total. The summed E-state index contributed by atoms with van der Waals surface area (Å²) in [6.07, 6.45) is 3.61. The van der Waals surface area contributed by atoms with Gasteiger partial charge in [0.15, 0.2) is 5.16 Å². The molecule has 0 saturated carbocycles. The Morgan fingerprint density at radius 2 is 2.15 bits per heavy atom. The van der Waals surface area contributed by atoms with Crippen LogP contribution in [0, 0.1) is 0 Å². The third-order valence-electron chi connectivity index (χ3n) is 4.33. The largest absolute Gasteiger partial charge is 0.497 e. The molecule has 6 nitrogen and oxygen atoms in total. The summed E-state index contributed by atoms with van der Waals surface area (Å²) in [5, 5.41) is 3.91. The first kappa shape index (κ1) is 20.3. The van der Waals surface area contributed by atoms with Crippen molar-refractivity contribution in [3.63, 3.8) is 0 Å². The van der Waals surface area contributed by atoms with Crippen LogP contribution in [0.4, 0.5) is 0 Å². The van der Waals surface area contributed by atoms with Crippen LogP contribution in [0.3, 0.4) is 0 Å². The van der Waals surface area contributed by atoms with Crippen molar-refractivity contribution in [2.45, 2.75) is 25.0 Å². The Morgan fingerprint density at radius 1 is 1.38 bits per heavy atom. The smallest absolute Gasteiger partial charge is 0.230 e. The first-order chi connectivity index (χ1) is 12.6. The summed E-state index contributed by atoms with van der Waals surface area (Å²) < 4.78 is 7.26. The van der Waals surface area contributed by atoms with E-state index in [-0.39, 0.29) is 11.9 Å². The van der Waals surface area contributed by atoms with Crippen LogP contribution in [0.5, 0.6) is 5.75 Å². The number of rotatable bonds is 10. The Kier molecular flexibility index (Phi) is 8.00. The van der Waals surface area contributed by atoms with E-state index < -0.39 is 0 Å². The number of ether oxygens (including phenoxy) is 1. The molecule has 7 heteroatoms. The van der Waals surface area contributed by atoms with Gasteiger partial charge in [0, 0.05) is 26.0 Å². The van der Waals surface area contributed by atoms with Gasteiger partial charge in [-0.05, 0) is 30.8 Å². The van der Waals surface area contributed by atoms with Crippen LogP contribution in [0.15, 0.2) is 41.8 Å². The number of methoxy groups -OCH3 is 1. The summed E-state index contributed by atoms with van der Waals surface area (Å²) in [5.74, 6) is 1.20. The number of aromatic nitrogens is 2. The number of hydrogen-bond acceptors (Lipinski definition) is 5. The van der Waals surface area contributed by atoms with Gasteiger partial charge in [-0.1, -0.05) is 37.7 Å². The van der Waals surface area contributed by atoms with E-state index in [1.54, 1.807) is 13.3 Å². The summed E-state index contributed by atoms with van der Waals surface area (Å²) in [7, 11) is 3.59. The highest BCUT2D eigenvalue weighted by atomic mass is 32.2. The lowest BCUT2D eigenvalue weighted by Crippen LogP contribution is -2.38. The second kappa shape index (κ2) is 10.2. The van der Waals surface area contributed by atoms with Gasteiger partial charge in [0.1, 0.15) is 5.75 Å².